The first-order valence-corrected chi connectivity index (χ1v) is 17.6. The first kappa shape index (κ1) is 39.7. The first-order chi connectivity index (χ1) is 24.2. The number of hydrogen-bond donors (Lipinski definition) is 3. The van der Waals surface area contributed by atoms with Gasteiger partial charge in [0.2, 0.25) is 23.5 Å². The van der Waals surface area contributed by atoms with Gasteiger partial charge in [0.1, 0.15) is 23.3 Å². The van der Waals surface area contributed by atoms with E-state index in [0.717, 1.165) is 45.5 Å². The maximum atomic E-state index is 11.4. The molecule has 2 aromatic carbocycles. The van der Waals surface area contributed by atoms with Crippen molar-refractivity contribution < 1.29 is 28.8 Å². The number of halogens is 2. The van der Waals surface area contributed by atoms with Crippen molar-refractivity contribution in [2.45, 2.75) is 67.8 Å². The molecular formula is C39H48Cl2N4O6. The van der Waals surface area contributed by atoms with Crippen molar-refractivity contribution in [3.8, 4) is 34.6 Å². The van der Waals surface area contributed by atoms with Crippen molar-refractivity contribution in [1.82, 2.24) is 20.6 Å². The molecule has 0 spiro atoms. The first-order valence-electron chi connectivity index (χ1n) is 16.8. The van der Waals surface area contributed by atoms with Crippen molar-refractivity contribution in [1.29, 1.82) is 0 Å². The largest absolute Gasteiger partial charge is 0.481 e. The van der Waals surface area contributed by atoms with Gasteiger partial charge in [-0.05, 0) is 85.7 Å². The number of nitrogens with zero attached hydrogens (tertiary/aromatic N) is 2. The summed E-state index contributed by atoms with van der Waals surface area (Å²) in [5, 5.41) is 16.7. The lowest BCUT2D eigenvalue weighted by Gasteiger charge is -2.20. The Bertz CT molecular complexity index is 1830. The van der Waals surface area contributed by atoms with Crippen LogP contribution in [-0.2, 0) is 31.1 Å². The predicted molar refractivity (Wildman–Crippen MR) is 201 cm³/mol. The Kier molecular flexibility index (Phi) is 13.9. The van der Waals surface area contributed by atoms with Crippen LogP contribution >= 0.6 is 23.2 Å². The molecule has 10 nitrogen and oxygen atoms in total. The van der Waals surface area contributed by atoms with Gasteiger partial charge in [-0.1, -0.05) is 73.4 Å². The van der Waals surface area contributed by atoms with Gasteiger partial charge < -0.3 is 34.7 Å². The zero-order valence-electron chi connectivity index (χ0n) is 30.6. The topological polar surface area (TPSA) is 124 Å². The van der Waals surface area contributed by atoms with Gasteiger partial charge in [0, 0.05) is 30.8 Å². The van der Waals surface area contributed by atoms with Crippen molar-refractivity contribution >= 4 is 29.2 Å². The molecule has 0 atom stereocenters. The number of benzene rings is 2. The number of carboxylic acid groups (broad SMARTS) is 1. The van der Waals surface area contributed by atoms with Crippen molar-refractivity contribution in [2.24, 2.45) is 11.3 Å². The predicted octanol–water partition coefficient (Wildman–Crippen LogP) is 8.19. The molecule has 0 saturated carbocycles. The smallest absolute Gasteiger partial charge is 0.310 e. The van der Waals surface area contributed by atoms with Gasteiger partial charge in [-0.25, -0.2) is 0 Å². The quantitative estimate of drug-likeness (QED) is 0.0921. The Morgan fingerprint density at radius 2 is 1.22 bits per heavy atom. The monoisotopic (exact) mass is 738 g/mol. The van der Waals surface area contributed by atoms with E-state index in [-0.39, 0.29) is 25.6 Å². The Hall–Kier alpha value is -4.09. The van der Waals surface area contributed by atoms with Crippen LogP contribution in [0.15, 0.2) is 48.5 Å². The average molecular weight is 740 g/mol. The molecule has 0 fully saturated rings. The SMILES string of the molecule is COc1nc(OCc2cccc(-c3cccc(COc4nc(OC)c(CNCC(C)(C)C(=O)O)cc4Cl)c3C)c2C)c(Cl)cc1CNCC(C)C. The number of pyridine rings is 2. The Morgan fingerprint density at radius 3 is 1.63 bits per heavy atom. The number of methoxy groups -OCH3 is 2. The highest BCUT2D eigenvalue weighted by Gasteiger charge is 2.26. The van der Waals surface area contributed by atoms with Crippen LogP contribution < -0.4 is 29.6 Å². The highest BCUT2D eigenvalue weighted by atomic mass is 35.5. The van der Waals surface area contributed by atoms with Gasteiger partial charge in [-0.3, -0.25) is 4.79 Å². The number of hydrogen-bond acceptors (Lipinski definition) is 9. The lowest BCUT2D eigenvalue weighted by atomic mass is 9.92. The van der Waals surface area contributed by atoms with E-state index in [0.29, 0.717) is 52.3 Å². The second-order valence-electron chi connectivity index (χ2n) is 13.5. The van der Waals surface area contributed by atoms with Gasteiger partial charge >= 0.3 is 5.97 Å². The molecule has 4 aromatic rings. The van der Waals surface area contributed by atoms with Gasteiger partial charge in [0.25, 0.3) is 0 Å². The highest BCUT2D eigenvalue weighted by molar-refractivity contribution is 6.32. The summed E-state index contributed by atoms with van der Waals surface area (Å²) in [6.07, 6.45) is 0. The van der Waals surface area contributed by atoms with Crippen LogP contribution in [0.4, 0.5) is 0 Å². The number of carboxylic acids is 1. The summed E-state index contributed by atoms with van der Waals surface area (Å²) in [5.41, 5.74) is 6.86. The molecular weight excluding hydrogens is 691 g/mol. The fourth-order valence-corrected chi connectivity index (χ4v) is 5.89. The summed E-state index contributed by atoms with van der Waals surface area (Å²) in [5.74, 6) is 1.02. The zero-order chi connectivity index (χ0) is 37.3. The molecule has 0 aliphatic carbocycles. The third-order valence-electron chi connectivity index (χ3n) is 8.59. The van der Waals surface area contributed by atoms with E-state index < -0.39 is 11.4 Å². The van der Waals surface area contributed by atoms with Gasteiger partial charge in [0.15, 0.2) is 0 Å². The summed E-state index contributed by atoms with van der Waals surface area (Å²) in [6, 6.07) is 15.8. The van der Waals surface area contributed by atoms with E-state index in [1.54, 1.807) is 27.0 Å². The number of carbonyl (C=O) groups is 1. The fraction of sp³-hybridized carbons (Fsp3) is 0.410. The summed E-state index contributed by atoms with van der Waals surface area (Å²) in [4.78, 5) is 20.5. The molecule has 0 amide bonds. The maximum absolute atomic E-state index is 11.4. The number of nitrogens with one attached hydrogen (secondary N) is 2. The summed E-state index contributed by atoms with van der Waals surface area (Å²) >= 11 is 13.2. The third kappa shape index (κ3) is 10.3. The van der Waals surface area contributed by atoms with Crippen LogP contribution in [0.25, 0.3) is 11.1 Å². The molecule has 12 heteroatoms. The Morgan fingerprint density at radius 1 is 0.765 bits per heavy atom. The van der Waals surface area contributed by atoms with Crippen molar-refractivity contribution in [3.05, 3.63) is 92.0 Å². The molecule has 2 heterocycles. The average Bonchev–Trinajstić information content (AvgIpc) is 3.08. The molecule has 51 heavy (non-hydrogen) atoms. The van der Waals surface area contributed by atoms with E-state index in [1.165, 1.54) is 7.11 Å². The number of ether oxygens (including phenoxy) is 4. The normalized spacial score (nSPS) is 11.5. The summed E-state index contributed by atoms with van der Waals surface area (Å²) in [7, 11) is 3.11. The van der Waals surface area contributed by atoms with Crippen LogP contribution in [0.3, 0.4) is 0 Å². The molecule has 2 aromatic heterocycles. The Balaban J connectivity index is 1.47. The minimum absolute atomic E-state index is 0.233. The number of aromatic nitrogens is 2. The minimum atomic E-state index is -0.925. The minimum Gasteiger partial charge on any atom is -0.481 e. The summed E-state index contributed by atoms with van der Waals surface area (Å²) < 4.78 is 23.3. The fourth-order valence-electron chi connectivity index (χ4n) is 5.43. The maximum Gasteiger partial charge on any atom is 0.310 e. The van der Waals surface area contributed by atoms with Crippen LogP contribution in [0.1, 0.15) is 61.1 Å². The molecule has 3 N–H and O–H groups in total. The second-order valence-corrected chi connectivity index (χ2v) is 14.3. The van der Waals surface area contributed by atoms with Crippen LogP contribution in [0.5, 0.6) is 23.5 Å². The molecule has 4 rings (SSSR count). The van der Waals surface area contributed by atoms with Crippen molar-refractivity contribution in [2.75, 3.05) is 27.3 Å². The lowest BCUT2D eigenvalue weighted by molar-refractivity contribution is -0.146. The van der Waals surface area contributed by atoms with Gasteiger partial charge in [-0.15, -0.1) is 0 Å². The van der Waals surface area contributed by atoms with E-state index in [9.17, 15) is 9.90 Å². The summed E-state index contributed by atoms with van der Waals surface area (Å²) in [6.45, 7) is 14.3. The standard InChI is InChI=1S/C39H48Cl2N4O6/c1-23(2)17-42-18-28-15-32(40)36(44-34(28)48-7)50-20-26-11-9-13-30(24(26)3)31-14-10-12-27(25(31)4)21-51-37-33(41)16-29(35(45-37)49-8)19-43-22-39(5,6)38(46)47/h9-16,23,42-43H,17-22H2,1-8H3,(H,46,47). The van der Waals surface area contributed by atoms with Crippen LogP contribution in [0, 0.1) is 25.2 Å². The van der Waals surface area contributed by atoms with E-state index in [1.807, 2.05) is 30.3 Å². The lowest BCUT2D eigenvalue weighted by Crippen LogP contribution is -2.35. The van der Waals surface area contributed by atoms with E-state index >= 15 is 0 Å². The zero-order valence-corrected chi connectivity index (χ0v) is 32.1. The molecule has 0 bridgehead atoms. The van der Waals surface area contributed by atoms with Gasteiger partial charge in [0.05, 0.1) is 19.6 Å². The molecule has 0 aliphatic heterocycles. The van der Waals surface area contributed by atoms with E-state index in [4.69, 9.17) is 42.1 Å². The highest BCUT2D eigenvalue weighted by Crippen LogP contribution is 2.34. The molecule has 0 unspecified atom stereocenters. The van der Waals surface area contributed by atoms with E-state index in [2.05, 4.69) is 60.4 Å². The van der Waals surface area contributed by atoms with Crippen LogP contribution in [-0.4, -0.2) is 48.4 Å². The Labute approximate surface area is 310 Å². The van der Waals surface area contributed by atoms with Gasteiger partial charge in [-0.2, -0.15) is 9.97 Å². The number of aliphatic carboxylic acids is 1. The number of rotatable bonds is 18. The third-order valence-corrected chi connectivity index (χ3v) is 9.13. The second kappa shape index (κ2) is 17.9. The molecule has 274 valence electrons. The molecule has 0 radical (unpaired) electrons. The molecule has 0 saturated heterocycles. The van der Waals surface area contributed by atoms with Crippen molar-refractivity contribution in [3.63, 3.8) is 0 Å². The molecule has 0 aliphatic rings. The van der Waals surface area contributed by atoms with Crippen LogP contribution in [0.2, 0.25) is 10.0 Å².